The smallest absolute Gasteiger partial charge is 0.0757 e. The van der Waals surface area contributed by atoms with Crippen molar-refractivity contribution in [2.75, 3.05) is 13.2 Å². The van der Waals surface area contributed by atoms with Gasteiger partial charge in [0.15, 0.2) is 0 Å². The average molecular weight is 141 g/mol. The zero-order chi connectivity index (χ0) is 7.40. The molecule has 2 N–H and O–H groups in total. The van der Waals surface area contributed by atoms with Crippen molar-refractivity contribution in [3.05, 3.63) is 11.6 Å². The van der Waals surface area contributed by atoms with E-state index >= 15 is 0 Å². The molecule has 0 spiro atoms. The maximum absolute atomic E-state index is 5.37. The molecule has 0 radical (unpaired) electrons. The van der Waals surface area contributed by atoms with E-state index in [1.54, 1.807) is 0 Å². The summed E-state index contributed by atoms with van der Waals surface area (Å²) < 4.78 is 5.35. The monoisotopic (exact) mass is 141 g/mol. The van der Waals surface area contributed by atoms with E-state index < -0.39 is 0 Å². The first kappa shape index (κ1) is 7.76. The predicted molar refractivity (Wildman–Crippen MR) is 41.8 cm³/mol. The molecule has 1 atom stereocenters. The molecule has 0 aromatic carbocycles. The van der Waals surface area contributed by atoms with Gasteiger partial charge in [0.05, 0.1) is 12.7 Å². The van der Waals surface area contributed by atoms with Gasteiger partial charge in [-0.2, -0.15) is 0 Å². The van der Waals surface area contributed by atoms with Gasteiger partial charge < -0.3 is 10.5 Å². The van der Waals surface area contributed by atoms with E-state index in [4.69, 9.17) is 10.5 Å². The summed E-state index contributed by atoms with van der Waals surface area (Å²) in [5.74, 6) is 0. The summed E-state index contributed by atoms with van der Waals surface area (Å²) in [5.41, 5.74) is 6.79. The number of hydrogen-bond donors (Lipinski definition) is 1. The van der Waals surface area contributed by atoms with E-state index in [9.17, 15) is 0 Å². The first-order valence-electron chi connectivity index (χ1n) is 3.85. The maximum Gasteiger partial charge on any atom is 0.0757 e. The Morgan fingerprint density at radius 1 is 1.80 bits per heavy atom. The largest absolute Gasteiger partial charge is 0.374 e. The van der Waals surface area contributed by atoms with E-state index in [1.807, 2.05) is 0 Å². The summed E-state index contributed by atoms with van der Waals surface area (Å²) in [6, 6.07) is 0. The third-order valence-electron chi connectivity index (χ3n) is 1.85. The van der Waals surface area contributed by atoms with Gasteiger partial charge in [0.2, 0.25) is 0 Å². The molecule has 58 valence electrons. The van der Waals surface area contributed by atoms with Crippen LogP contribution in [0.5, 0.6) is 0 Å². The highest BCUT2D eigenvalue weighted by molar-refractivity contribution is 5.10. The standard InChI is InChI=1S/C8H15NO/c1-7-8(3-2-5-9)4-6-10-7/h3,7H,2,4-6,9H2,1H3/b8-3+. The van der Waals surface area contributed by atoms with Crippen LogP contribution in [0, 0.1) is 0 Å². The summed E-state index contributed by atoms with van der Waals surface area (Å²) in [4.78, 5) is 0. The van der Waals surface area contributed by atoms with Crippen molar-refractivity contribution >= 4 is 0 Å². The van der Waals surface area contributed by atoms with Crippen LogP contribution in [0.15, 0.2) is 11.6 Å². The lowest BCUT2D eigenvalue weighted by molar-refractivity contribution is 0.137. The van der Waals surface area contributed by atoms with E-state index in [0.717, 1.165) is 26.0 Å². The van der Waals surface area contributed by atoms with Crippen LogP contribution in [0.3, 0.4) is 0 Å². The molecular weight excluding hydrogens is 126 g/mol. The fourth-order valence-corrected chi connectivity index (χ4v) is 1.20. The van der Waals surface area contributed by atoms with Crippen molar-refractivity contribution < 1.29 is 4.74 Å². The minimum atomic E-state index is 0.339. The SMILES string of the molecule is CC1OCC/C1=C\CCN. The molecule has 0 saturated carbocycles. The van der Waals surface area contributed by atoms with Crippen molar-refractivity contribution in [3.8, 4) is 0 Å². The molecule has 0 aromatic rings. The minimum absolute atomic E-state index is 0.339. The Morgan fingerprint density at radius 2 is 2.60 bits per heavy atom. The second-order valence-corrected chi connectivity index (χ2v) is 2.62. The van der Waals surface area contributed by atoms with Gasteiger partial charge in [-0.1, -0.05) is 6.08 Å². The number of rotatable bonds is 2. The summed E-state index contributed by atoms with van der Waals surface area (Å²) in [7, 11) is 0. The fourth-order valence-electron chi connectivity index (χ4n) is 1.20. The Bertz CT molecular complexity index is 131. The molecule has 1 heterocycles. The van der Waals surface area contributed by atoms with Crippen LogP contribution < -0.4 is 5.73 Å². The van der Waals surface area contributed by atoms with E-state index in [0.29, 0.717) is 6.10 Å². The lowest BCUT2D eigenvalue weighted by atomic mass is 10.1. The molecule has 0 bridgehead atoms. The summed E-state index contributed by atoms with van der Waals surface area (Å²) in [6.45, 7) is 3.73. The highest BCUT2D eigenvalue weighted by Gasteiger charge is 2.15. The molecule has 0 aliphatic carbocycles. The first-order chi connectivity index (χ1) is 4.84. The number of hydrogen-bond acceptors (Lipinski definition) is 2. The lowest BCUT2D eigenvalue weighted by Crippen LogP contribution is -2.01. The Hall–Kier alpha value is -0.340. The van der Waals surface area contributed by atoms with Crippen LogP contribution >= 0.6 is 0 Å². The summed E-state index contributed by atoms with van der Waals surface area (Å²) in [5, 5.41) is 0. The van der Waals surface area contributed by atoms with Gasteiger partial charge in [0, 0.05) is 0 Å². The highest BCUT2D eigenvalue weighted by atomic mass is 16.5. The quantitative estimate of drug-likeness (QED) is 0.584. The molecule has 2 heteroatoms. The third kappa shape index (κ3) is 1.82. The minimum Gasteiger partial charge on any atom is -0.374 e. The Morgan fingerprint density at radius 3 is 3.10 bits per heavy atom. The Balaban J connectivity index is 2.38. The van der Waals surface area contributed by atoms with Crippen molar-refractivity contribution in [1.29, 1.82) is 0 Å². The molecule has 10 heavy (non-hydrogen) atoms. The van der Waals surface area contributed by atoms with Gasteiger partial charge in [0.1, 0.15) is 0 Å². The van der Waals surface area contributed by atoms with Gasteiger partial charge in [-0.3, -0.25) is 0 Å². The fraction of sp³-hybridized carbons (Fsp3) is 0.750. The van der Waals surface area contributed by atoms with Crippen LogP contribution in [0.4, 0.5) is 0 Å². The van der Waals surface area contributed by atoms with Gasteiger partial charge in [-0.25, -0.2) is 0 Å². The van der Waals surface area contributed by atoms with Crippen molar-refractivity contribution in [3.63, 3.8) is 0 Å². The van der Waals surface area contributed by atoms with Gasteiger partial charge in [-0.05, 0) is 31.9 Å². The van der Waals surface area contributed by atoms with Gasteiger partial charge >= 0.3 is 0 Å². The third-order valence-corrected chi connectivity index (χ3v) is 1.85. The van der Waals surface area contributed by atoms with Crippen LogP contribution in [-0.2, 0) is 4.74 Å². The molecule has 2 nitrogen and oxygen atoms in total. The van der Waals surface area contributed by atoms with Crippen LogP contribution in [0.25, 0.3) is 0 Å². The molecule has 0 amide bonds. The van der Waals surface area contributed by atoms with Crippen molar-refractivity contribution in [2.45, 2.75) is 25.9 Å². The molecule has 1 aliphatic rings. The average Bonchev–Trinajstić information content (AvgIpc) is 2.31. The molecule has 1 unspecified atom stereocenters. The topological polar surface area (TPSA) is 35.2 Å². The highest BCUT2D eigenvalue weighted by Crippen LogP contribution is 2.19. The van der Waals surface area contributed by atoms with Crippen LogP contribution in [0.1, 0.15) is 19.8 Å². The lowest BCUT2D eigenvalue weighted by Gasteiger charge is -2.02. The molecule has 1 rings (SSSR count). The molecule has 1 fully saturated rings. The van der Waals surface area contributed by atoms with E-state index in [1.165, 1.54) is 5.57 Å². The second-order valence-electron chi connectivity index (χ2n) is 2.62. The van der Waals surface area contributed by atoms with E-state index in [-0.39, 0.29) is 0 Å². The molecular formula is C8H15NO. The summed E-state index contributed by atoms with van der Waals surface area (Å²) >= 11 is 0. The maximum atomic E-state index is 5.37. The van der Waals surface area contributed by atoms with Crippen molar-refractivity contribution in [2.24, 2.45) is 5.73 Å². The molecule has 1 saturated heterocycles. The predicted octanol–water partition coefficient (Wildman–Crippen LogP) is 1.07. The van der Waals surface area contributed by atoms with Crippen molar-refractivity contribution in [1.82, 2.24) is 0 Å². The van der Waals surface area contributed by atoms with Gasteiger partial charge in [0.25, 0.3) is 0 Å². The van der Waals surface area contributed by atoms with Crippen LogP contribution in [-0.4, -0.2) is 19.3 Å². The Kier molecular flexibility index (Phi) is 2.90. The second kappa shape index (κ2) is 3.74. The number of ether oxygens (including phenoxy) is 1. The van der Waals surface area contributed by atoms with E-state index in [2.05, 4.69) is 13.0 Å². The normalized spacial score (nSPS) is 29.8. The first-order valence-corrected chi connectivity index (χ1v) is 3.85. The van der Waals surface area contributed by atoms with Gasteiger partial charge in [-0.15, -0.1) is 0 Å². The molecule has 1 aliphatic heterocycles. The number of nitrogens with two attached hydrogens (primary N) is 1. The zero-order valence-electron chi connectivity index (χ0n) is 6.47. The van der Waals surface area contributed by atoms with Crippen LogP contribution in [0.2, 0.25) is 0 Å². The Labute approximate surface area is 62.1 Å². The zero-order valence-corrected chi connectivity index (χ0v) is 6.47. The molecule has 0 aromatic heterocycles. The summed E-state index contributed by atoms with van der Waals surface area (Å²) in [6.07, 6.45) is 4.63.